The highest BCUT2D eigenvalue weighted by atomic mass is 79.9. The lowest BCUT2D eigenvalue weighted by Gasteiger charge is -2.33. The highest BCUT2D eigenvalue weighted by Gasteiger charge is 2.27. The van der Waals surface area contributed by atoms with Crippen molar-refractivity contribution in [2.24, 2.45) is 5.92 Å². The molecule has 1 aromatic heterocycles. The quantitative estimate of drug-likeness (QED) is 0.909. The van der Waals surface area contributed by atoms with Crippen LogP contribution in [-0.4, -0.2) is 37.0 Å². The molecule has 1 aromatic rings. The summed E-state index contributed by atoms with van der Waals surface area (Å²) in [4.78, 5) is 18.2. The maximum atomic E-state index is 12.1. The number of amides is 1. The number of halogens is 3. The second-order valence-corrected chi connectivity index (χ2v) is 5.58. The second-order valence-electron chi connectivity index (χ2n) is 4.73. The number of hydrogen-bond acceptors (Lipinski definition) is 3. The number of rotatable bonds is 4. The second kappa shape index (κ2) is 6.97. The molecule has 110 valence electrons. The Bertz CT molecular complexity index is 473. The van der Waals surface area contributed by atoms with Gasteiger partial charge in [0.1, 0.15) is 5.82 Å². The zero-order valence-corrected chi connectivity index (χ0v) is 12.4. The van der Waals surface area contributed by atoms with Gasteiger partial charge in [0, 0.05) is 19.3 Å². The number of piperidine rings is 1. The number of carbonyl (C=O) groups excluding carboxylic acids is 1. The van der Waals surface area contributed by atoms with Crippen molar-refractivity contribution in [1.29, 1.82) is 0 Å². The summed E-state index contributed by atoms with van der Waals surface area (Å²) >= 11 is 3.43. The summed E-state index contributed by atoms with van der Waals surface area (Å²) < 4.78 is 25.1. The van der Waals surface area contributed by atoms with Crippen molar-refractivity contribution in [3.05, 3.63) is 22.8 Å². The molecule has 0 aliphatic carbocycles. The molecule has 1 aliphatic rings. The third-order valence-corrected chi connectivity index (χ3v) is 3.88. The highest BCUT2D eigenvalue weighted by Crippen LogP contribution is 2.27. The van der Waals surface area contributed by atoms with Crippen molar-refractivity contribution in [1.82, 2.24) is 10.3 Å². The number of anilines is 1. The van der Waals surface area contributed by atoms with E-state index < -0.39 is 13.0 Å². The number of hydrogen-bond donors (Lipinski definition) is 1. The van der Waals surface area contributed by atoms with E-state index in [0.29, 0.717) is 6.54 Å². The van der Waals surface area contributed by atoms with Crippen molar-refractivity contribution in [2.45, 2.75) is 19.3 Å². The topological polar surface area (TPSA) is 45.2 Å². The van der Waals surface area contributed by atoms with Crippen molar-refractivity contribution in [3.8, 4) is 0 Å². The van der Waals surface area contributed by atoms with Gasteiger partial charge in [0.25, 0.3) is 6.43 Å². The minimum absolute atomic E-state index is 0.267. The Morgan fingerprint density at radius 2 is 2.40 bits per heavy atom. The summed E-state index contributed by atoms with van der Waals surface area (Å²) in [5.74, 6) is 0.220. The molecule has 4 nitrogen and oxygen atoms in total. The molecule has 2 rings (SSSR count). The lowest BCUT2D eigenvalue weighted by molar-refractivity contribution is -0.125. The molecule has 1 atom stereocenters. The maximum absolute atomic E-state index is 12.1. The largest absolute Gasteiger partial charge is 0.355 e. The lowest BCUT2D eigenvalue weighted by Crippen LogP contribution is -2.44. The minimum atomic E-state index is -2.51. The van der Waals surface area contributed by atoms with Crippen molar-refractivity contribution >= 4 is 27.7 Å². The zero-order valence-electron chi connectivity index (χ0n) is 10.9. The molecule has 20 heavy (non-hydrogen) atoms. The Balaban J connectivity index is 1.98. The molecule has 0 spiro atoms. The SMILES string of the molecule is O=C(NCC(F)F)C1CCCN(c2ncccc2Br)C1. The number of pyridine rings is 1. The van der Waals surface area contributed by atoms with E-state index in [4.69, 9.17) is 0 Å². The van der Waals surface area contributed by atoms with Crippen LogP contribution in [0, 0.1) is 5.92 Å². The Labute approximate surface area is 124 Å². The first-order valence-corrected chi connectivity index (χ1v) is 7.28. The van der Waals surface area contributed by atoms with Gasteiger partial charge >= 0.3 is 0 Å². The fraction of sp³-hybridized carbons (Fsp3) is 0.538. The van der Waals surface area contributed by atoms with Gasteiger partial charge in [-0.3, -0.25) is 4.79 Å². The van der Waals surface area contributed by atoms with E-state index in [1.165, 1.54) is 0 Å². The summed E-state index contributed by atoms with van der Waals surface area (Å²) in [5, 5.41) is 2.29. The summed E-state index contributed by atoms with van der Waals surface area (Å²) in [5.41, 5.74) is 0. The third-order valence-electron chi connectivity index (χ3n) is 3.26. The molecule has 1 N–H and O–H groups in total. The summed E-state index contributed by atoms with van der Waals surface area (Å²) in [6, 6.07) is 3.72. The van der Waals surface area contributed by atoms with Crippen LogP contribution in [0.5, 0.6) is 0 Å². The van der Waals surface area contributed by atoms with E-state index in [9.17, 15) is 13.6 Å². The molecule has 1 amide bonds. The van der Waals surface area contributed by atoms with Crippen LogP contribution in [0.25, 0.3) is 0 Å². The number of carbonyl (C=O) groups is 1. The minimum Gasteiger partial charge on any atom is -0.355 e. The molecule has 1 saturated heterocycles. The monoisotopic (exact) mass is 347 g/mol. The van der Waals surface area contributed by atoms with Crippen LogP contribution in [0.2, 0.25) is 0 Å². The molecule has 0 saturated carbocycles. The summed E-state index contributed by atoms with van der Waals surface area (Å²) in [6.07, 6.45) is 0.746. The maximum Gasteiger partial charge on any atom is 0.255 e. The highest BCUT2D eigenvalue weighted by molar-refractivity contribution is 9.10. The van der Waals surface area contributed by atoms with E-state index in [1.54, 1.807) is 6.20 Å². The molecule has 7 heteroatoms. The van der Waals surface area contributed by atoms with Crippen LogP contribution in [-0.2, 0) is 4.79 Å². The van der Waals surface area contributed by atoms with E-state index in [2.05, 4.69) is 26.2 Å². The Kier molecular flexibility index (Phi) is 5.28. The molecule has 1 fully saturated rings. The van der Waals surface area contributed by atoms with Crippen molar-refractivity contribution < 1.29 is 13.6 Å². The molecule has 0 aromatic carbocycles. The zero-order chi connectivity index (χ0) is 14.5. The first-order chi connectivity index (χ1) is 9.58. The van der Waals surface area contributed by atoms with Crippen molar-refractivity contribution in [3.63, 3.8) is 0 Å². The molecule has 0 bridgehead atoms. The third kappa shape index (κ3) is 3.88. The Morgan fingerprint density at radius 1 is 1.60 bits per heavy atom. The smallest absolute Gasteiger partial charge is 0.255 e. The van der Waals surface area contributed by atoms with Crippen molar-refractivity contribution in [2.75, 3.05) is 24.5 Å². The first kappa shape index (κ1) is 15.2. The van der Waals surface area contributed by atoms with E-state index in [-0.39, 0.29) is 11.8 Å². The molecule has 0 radical (unpaired) electrons. The van der Waals surface area contributed by atoms with E-state index >= 15 is 0 Å². The number of aromatic nitrogens is 1. The Morgan fingerprint density at radius 3 is 3.10 bits per heavy atom. The fourth-order valence-electron chi connectivity index (χ4n) is 2.32. The molecular weight excluding hydrogens is 332 g/mol. The van der Waals surface area contributed by atoms with Crippen LogP contribution < -0.4 is 10.2 Å². The van der Waals surface area contributed by atoms with Gasteiger partial charge in [-0.15, -0.1) is 0 Å². The van der Waals surface area contributed by atoms with Crippen LogP contribution >= 0.6 is 15.9 Å². The van der Waals surface area contributed by atoms with Crippen LogP contribution in [0.4, 0.5) is 14.6 Å². The van der Waals surface area contributed by atoms with Gasteiger partial charge in [0.2, 0.25) is 5.91 Å². The standard InChI is InChI=1S/C13H16BrF2N3O/c14-10-4-1-5-17-12(10)19-6-2-3-9(8-19)13(20)18-7-11(15)16/h1,4-5,9,11H,2-3,6-8H2,(H,18,20). The number of nitrogens with zero attached hydrogens (tertiary/aromatic N) is 2. The summed E-state index contributed by atoms with van der Waals surface area (Å²) in [7, 11) is 0. The predicted octanol–water partition coefficient (Wildman–Crippen LogP) is 2.44. The normalized spacial score (nSPS) is 19.2. The van der Waals surface area contributed by atoms with Crippen LogP contribution in [0.15, 0.2) is 22.8 Å². The fourth-order valence-corrected chi connectivity index (χ4v) is 2.82. The lowest BCUT2D eigenvalue weighted by atomic mass is 9.97. The number of alkyl halides is 2. The van der Waals surface area contributed by atoms with Gasteiger partial charge in [-0.2, -0.15) is 0 Å². The van der Waals surface area contributed by atoms with Gasteiger partial charge in [0.15, 0.2) is 0 Å². The van der Waals surface area contributed by atoms with Crippen LogP contribution in [0.3, 0.4) is 0 Å². The number of nitrogens with one attached hydrogen (secondary N) is 1. The molecule has 2 heterocycles. The molecule has 1 unspecified atom stereocenters. The van der Waals surface area contributed by atoms with Gasteiger partial charge in [-0.1, -0.05) is 0 Å². The average Bonchev–Trinajstić information content (AvgIpc) is 2.45. The van der Waals surface area contributed by atoms with Gasteiger partial charge in [0.05, 0.1) is 16.9 Å². The first-order valence-electron chi connectivity index (χ1n) is 6.49. The predicted molar refractivity (Wildman–Crippen MR) is 75.9 cm³/mol. The van der Waals surface area contributed by atoms with Gasteiger partial charge < -0.3 is 10.2 Å². The van der Waals surface area contributed by atoms with Gasteiger partial charge in [-0.05, 0) is 40.9 Å². The summed E-state index contributed by atoms with van der Waals surface area (Å²) in [6.45, 7) is 0.738. The van der Waals surface area contributed by atoms with Gasteiger partial charge in [-0.25, -0.2) is 13.8 Å². The van der Waals surface area contributed by atoms with E-state index in [1.807, 2.05) is 17.0 Å². The van der Waals surface area contributed by atoms with Crippen LogP contribution in [0.1, 0.15) is 12.8 Å². The Hall–Kier alpha value is -1.24. The van der Waals surface area contributed by atoms with E-state index in [0.717, 1.165) is 29.7 Å². The molecular formula is C13H16BrF2N3O. The molecule has 1 aliphatic heterocycles. The average molecular weight is 348 g/mol.